The van der Waals surface area contributed by atoms with E-state index < -0.39 is 24.0 Å². The van der Waals surface area contributed by atoms with Crippen molar-refractivity contribution in [2.75, 3.05) is 17.2 Å². The molecule has 0 unspecified atom stereocenters. The number of hydrogen-bond donors (Lipinski definition) is 5. The van der Waals surface area contributed by atoms with Crippen LogP contribution in [-0.2, 0) is 68.4 Å². The van der Waals surface area contributed by atoms with Crippen LogP contribution in [0.15, 0.2) is 128 Å². The van der Waals surface area contributed by atoms with Crippen LogP contribution < -0.4 is 21.3 Å². The molecule has 0 aliphatic rings. The summed E-state index contributed by atoms with van der Waals surface area (Å²) in [5.41, 5.74) is 5.41. The average Bonchev–Trinajstić information content (AvgIpc) is 3.29. The van der Waals surface area contributed by atoms with Crippen LogP contribution in [0.3, 0.4) is 0 Å². The van der Waals surface area contributed by atoms with Crippen LogP contribution in [0.5, 0.6) is 0 Å². The van der Waals surface area contributed by atoms with Gasteiger partial charge in [-0.25, -0.2) is 4.79 Å². The van der Waals surface area contributed by atoms with Crippen LogP contribution in [0, 0.1) is 6.92 Å². The van der Waals surface area contributed by atoms with Gasteiger partial charge < -0.3 is 36.0 Å². The first-order valence-electron chi connectivity index (χ1n) is 19.0. The zero-order chi connectivity index (χ0) is 44.8. The fraction of sp³-hybridized carbons (Fsp3) is 0.239. The number of carbonyl (C=O) groups is 4. The van der Waals surface area contributed by atoms with Crippen molar-refractivity contribution in [3.63, 3.8) is 0 Å². The van der Waals surface area contributed by atoms with Gasteiger partial charge in [-0.1, -0.05) is 72.8 Å². The monoisotopic (exact) mass is 925 g/mol. The van der Waals surface area contributed by atoms with Crippen LogP contribution in [-0.4, -0.2) is 76.7 Å². The molecule has 15 nitrogen and oxygen atoms in total. The molecule has 0 aliphatic heterocycles. The summed E-state index contributed by atoms with van der Waals surface area (Å²) in [4.78, 5) is 86.0. The van der Waals surface area contributed by atoms with Gasteiger partial charge in [-0.2, -0.15) is 0 Å². The minimum absolute atomic E-state index is 0. The standard InChI is InChI=1S/C43H47N7O5.3CHO.Tc/c1-31-13-5-6-18-37(31)49-43(55)46-34-22-20-32(21-23-34)27-40(51)47-38(42(54)48-39(28-41(52)53)33-14-3-2-4-15-33)19-9-12-26-50(29-35-16-7-10-24-44-35)30-36-17-8-11-25-45-36;3*1-2;/h2-8,10-11,13-18,20-25,38-39H,9,12,19,26-30H2,1H3,(H,47,51)(H,48,54)(H,52,53)(H2,46,49,55);3*1H;/q;2*-1;+1;/t38-,39-;;;;/m0..../s1. The second kappa shape index (κ2) is 31.1. The molecule has 0 spiro atoms. The molecule has 2 aromatic heterocycles. The van der Waals surface area contributed by atoms with Gasteiger partial charge in [-0.05, 0) is 91.9 Å². The Bertz CT molecular complexity index is 2000. The largest absolute Gasteiger partial charge is 0.545 e. The van der Waals surface area contributed by atoms with Crippen molar-refractivity contribution in [3.05, 3.63) is 156 Å². The number of amides is 4. The second-order valence-electron chi connectivity index (χ2n) is 13.3. The fourth-order valence-electron chi connectivity index (χ4n) is 6.13. The molecule has 3 aromatic carbocycles. The molecule has 2 heterocycles. The minimum atomic E-state index is -1.05. The third-order valence-corrected chi connectivity index (χ3v) is 8.96. The number of carboxylic acids is 1. The Morgan fingerprint density at radius 1 is 0.710 bits per heavy atom. The summed E-state index contributed by atoms with van der Waals surface area (Å²) >= 11 is 0. The number of urea groups is 1. The van der Waals surface area contributed by atoms with Crippen molar-refractivity contribution in [2.24, 2.45) is 0 Å². The van der Waals surface area contributed by atoms with Gasteiger partial charge in [0.1, 0.15) is 6.04 Å². The molecule has 0 saturated heterocycles. The van der Waals surface area contributed by atoms with Crippen LogP contribution in [0.4, 0.5) is 16.2 Å². The predicted octanol–water partition coefficient (Wildman–Crippen LogP) is 5.84. The number of hydrogen-bond acceptors (Lipinski definition) is 10. The number of nitrogens with one attached hydrogen (secondary N) is 4. The molecule has 0 bridgehead atoms. The first kappa shape index (κ1) is 53.2. The maximum Gasteiger partial charge on any atom is 0.490 e. The topological polar surface area (TPSA) is 217 Å². The molecule has 0 saturated carbocycles. The number of unbranched alkanes of at least 4 members (excludes halogenated alkanes) is 1. The summed E-state index contributed by atoms with van der Waals surface area (Å²) in [6.45, 7) is 13.6. The smallest absolute Gasteiger partial charge is 0.490 e. The molecule has 5 aromatic rings. The number of aryl methyl sites for hydroxylation is 1. The van der Waals surface area contributed by atoms with E-state index in [0.717, 1.165) is 23.4 Å². The first-order chi connectivity index (χ1) is 29.7. The number of aromatic nitrogens is 2. The SMILES string of the molecule is Cc1ccccc1NC(=O)Nc1ccc(CC(=O)N[C@@H](CCCCN(Cc2ccccn2)Cc2ccccn2)C(=O)N[C@@H](CC(=O)O)c2ccccc2)cc1.[CH+]=O.[CH-]=O.[CH-]=O.[Tc]. The summed E-state index contributed by atoms with van der Waals surface area (Å²) in [5, 5.41) is 21.1. The Balaban J connectivity index is 0.00000263. The van der Waals surface area contributed by atoms with Crippen LogP contribution in [0.1, 0.15) is 59.8 Å². The van der Waals surface area contributed by atoms with Crippen molar-refractivity contribution in [1.82, 2.24) is 25.5 Å². The summed E-state index contributed by atoms with van der Waals surface area (Å²) in [6, 6.07) is 32.9. The molecule has 1 radical (unpaired) electrons. The van der Waals surface area contributed by atoms with E-state index >= 15 is 0 Å². The predicted molar refractivity (Wildman–Crippen MR) is 232 cm³/mol. The number of anilines is 2. The van der Waals surface area contributed by atoms with Crippen LogP contribution >= 0.6 is 0 Å². The molecular weight excluding hydrogens is 877 g/mol. The Hall–Kier alpha value is -6.83. The average molecular weight is 927 g/mol. The van der Waals surface area contributed by atoms with Gasteiger partial charge in [0.05, 0.1) is 30.3 Å². The van der Waals surface area contributed by atoms with Crippen LogP contribution in [0.2, 0.25) is 0 Å². The molecule has 4 amide bonds. The number of pyridine rings is 2. The third-order valence-electron chi connectivity index (χ3n) is 8.96. The third kappa shape index (κ3) is 19.9. The number of carbonyl (C=O) groups excluding carboxylic acids is 6. The molecule has 2 atom stereocenters. The van der Waals surface area contributed by atoms with Crippen molar-refractivity contribution >= 4 is 55.6 Å². The Labute approximate surface area is 375 Å². The first-order valence-corrected chi connectivity index (χ1v) is 19.0. The van der Waals surface area contributed by atoms with Gasteiger partial charge in [0, 0.05) is 61.8 Å². The Kier molecular flexibility index (Phi) is 26.7. The normalized spacial score (nSPS) is 10.8. The number of para-hydroxylation sites is 1. The zero-order valence-corrected chi connectivity index (χ0v) is 36.1. The summed E-state index contributed by atoms with van der Waals surface area (Å²) < 4.78 is 0. The second-order valence-corrected chi connectivity index (χ2v) is 13.3. The van der Waals surface area contributed by atoms with Gasteiger partial charge in [0.2, 0.25) is 11.8 Å². The van der Waals surface area contributed by atoms with Crippen molar-refractivity contribution in [3.8, 4) is 0 Å². The summed E-state index contributed by atoms with van der Waals surface area (Å²) in [7, 11) is 0. The van der Waals surface area contributed by atoms with Crippen molar-refractivity contribution < 1.29 is 58.8 Å². The van der Waals surface area contributed by atoms with E-state index in [1.54, 1.807) is 60.9 Å². The van der Waals surface area contributed by atoms with Gasteiger partial charge in [-0.3, -0.25) is 42.8 Å². The van der Waals surface area contributed by atoms with Gasteiger partial charge >= 0.3 is 18.8 Å². The molecule has 62 heavy (non-hydrogen) atoms. The van der Waals surface area contributed by atoms with E-state index in [1.807, 2.05) is 73.7 Å². The number of carboxylic acid groups (broad SMARTS) is 1. The number of aliphatic carboxylic acids is 1. The van der Waals surface area contributed by atoms with E-state index in [2.05, 4.69) is 56.5 Å². The van der Waals surface area contributed by atoms with E-state index in [0.29, 0.717) is 55.0 Å². The molecule has 0 fully saturated rings. The quantitative estimate of drug-likeness (QED) is 0.0377. The Morgan fingerprint density at radius 2 is 1.27 bits per heavy atom. The maximum atomic E-state index is 13.8. The van der Waals surface area contributed by atoms with E-state index in [1.165, 1.54) is 0 Å². The van der Waals surface area contributed by atoms with E-state index in [9.17, 15) is 24.3 Å². The van der Waals surface area contributed by atoms with E-state index in [-0.39, 0.29) is 44.9 Å². The molecule has 5 N–H and O–H groups in total. The molecule has 0 aliphatic carbocycles. The van der Waals surface area contributed by atoms with Crippen molar-refractivity contribution in [1.29, 1.82) is 0 Å². The van der Waals surface area contributed by atoms with Gasteiger partial charge in [0.15, 0.2) is 0 Å². The maximum absolute atomic E-state index is 13.8. The van der Waals surface area contributed by atoms with Crippen LogP contribution in [0.25, 0.3) is 0 Å². The molecule has 5 rings (SSSR count). The summed E-state index contributed by atoms with van der Waals surface area (Å²) in [6.07, 6.45) is 4.90. The Morgan fingerprint density at radius 3 is 1.82 bits per heavy atom. The number of rotatable bonds is 19. The van der Waals surface area contributed by atoms with Gasteiger partial charge in [0.25, 0.3) is 0 Å². The zero-order valence-electron chi connectivity index (χ0n) is 34.2. The van der Waals surface area contributed by atoms with E-state index in [4.69, 9.17) is 14.4 Å². The molecular formula is C46H50N7O8Tc-. The fourth-order valence-corrected chi connectivity index (χ4v) is 6.13. The minimum Gasteiger partial charge on any atom is -0.545 e. The summed E-state index contributed by atoms with van der Waals surface area (Å²) in [5.74, 6) is -1.87. The van der Waals surface area contributed by atoms with Crippen molar-refractivity contribution in [2.45, 2.75) is 64.2 Å². The number of nitrogens with zero attached hydrogens (tertiary/aromatic N) is 3. The van der Waals surface area contributed by atoms with Gasteiger partial charge in [-0.15, -0.1) is 0 Å². The number of benzene rings is 3. The molecule has 16 heteroatoms. The molecule has 325 valence electrons.